The second-order valence-corrected chi connectivity index (χ2v) is 4.87. The van der Waals surface area contributed by atoms with E-state index in [1.54, 1.807) is 28.7 Å². The first-order valence-corrected chi connectivity index (χ1v) is 6.87. The highest BCUT2D eigenvalue weighted by Gasteiger charge is 2.08. The molecule has 0 aromatic carbocycles. The summed E-state index contributed by atoms with van der Waals surface area (Å²) in [6, 6.07) is 1.44. The van der Waals surface area contributed by atoms with E-state index in [1.165, 1.54) is 6.07 Å². The number of nitrogens with zero attached hydrogens (tertiary/aromatic N) is 4. The Morgan fingerprint density at radius 3 is 3.05 bits per heavy atom. The Labute approximate surface area is 121 Å². The Balaban J connectivity index is 1.81. The molecule has 3 aromatic rings. The van der Waals surface area contributed by atoms with E-state index in [2.05, 4.69) is 15.2 Å². The smallest absolute Gasteiger partial charge is 0.251 e. The van der Waals surface area contributed by atoms with Crippen LogP contribution in [0.15, 0.2) is 35.6 Å². The van der Waals surface area contributed by atoms with E-state index >= 15 is 0 Å². The normalized spacial score (nSPS) is 11.3. The minimum atomic E-state index is -0.156. The number of fused-ring (bicyclic) bond motifs is 1. The second-order valence-electron chi connectivity index (χ2n) is 4.87. The third-order valence-corrected chi connectivity index (χ3v) is 3.33. The van der Waals surface area contributed by atoms with E-state index in [0.717, 1.165) is 37.1 Å². The van der Waals surface area contributed by atoms with Gasteiger partial charge in [-0.15, -0.1) is 0 Å². The van der Waals surface area contributed by atoms with E-state index in [0.29, 0.717) is 5.65 Å². The Kier molecular flexibility index (Phi) is 3.83. The van der Waals surface area contributed by atoms with Gasteiger partial charge in [-0.25, -0.2) is 9.20 Å². The standard InChI is InChI=1S/C14H17N5O2/c1-21-7-3-2-4-11-8-15-19(10-11)12-9-16-18-6-5-13(20)17-14(12)18/h5-6,8-10H,2-4,7H2,1H3,(H,17,20). The first-order valence-electron chi connectivity index (χ1n) is 6.87. The molecule has 0 saturated carbocycles. The summed E-state index contributed by atoms with van der Waals surface area (Å²) < 4.78 is 8.40. The van der Waals surface area contributed by atoms with Gasteiger partial charge in [-0.05, 0) is 24.8 Å². The molecule has 7 nitrogen and oxygen atoms in total. The predicted molar refractivity (Wildman–Crippen MR) is 77.7 cm³/mol. The zero-order valence-electron chi connectivity index (χ0n) is 11.8. The predicted octanol–water partition coefficient (Wildman–Crippen LogP) is 1.18. The number of methoxy groups -OCH3 is 1. The Hall–Kier alpha value is -2.41. The number of aromatic nitrogens is 5. The molecule has 110 valence electrons. The van der Waals surface area contributed by atoms with Crippen LogP contribution >= 0.6 is 0 Å². The van der Waals surface area contributed by atoms with Crippen LogP contribution in [-0.4, -0.2) is 38.1 Å². The average molecular weight is 287 g/mol. The molecule has 21 heavy (non-hydrogen) atoms. The van der Waals surface area contributed by atoms with Crippen molar-refractivity contribution in [3.63, 3.8) is 0 Å². The quantitative estimate of drug-likeness (QED) is 0.691. The van der Waals surface area contributed by atoms with Crippen molar-refractivity contribution in [3.8, 4) is 5.69 Å². The summed E-state index contributed by atoms with van der Waals surface area (Å²) in [5, 5.41) is 8.55. The number of nitrogens with one attached hydrogen (secondary N) is 1. The summed E-state index contributed by atoms with van der Waals surface area (Å²) >= 11 is 0. The summed E-state index contributed by atoms with van der Waals surface area (Å²) in [7, 11) is 1.71. The van der Waals surface area contributed by atoms with Crippen molar-refractivity contribution in [1.82, 2.24) is 24.4 Å². The number of hydrogen-bond donors (Lipinski definition) is 1. The maximum atomic E-state index is 11.4. The van der Waals surface area contributed by atoms with Gasteiger partial charge < -0.3 is 9.72 Å². The molecule has 0 spiro atoms. The van der Waals surface area contributed by atoms with Gasteiger partial charge in [0.05, 0.1) is 12.4 Å². The molecule has 3 rings (SSSR count). The van der Waals surface area contributed by atoms with Crippen LogP contribution in [0.5, 0.6) is 0 Å². The van der Waals surface area contributed by atoms with Crippen LogP contribution < -0.4 is 5.56 Å². The van der Waals surface area contributed by atoms with E-state index in [9.17, 15) is 4.79 Å². The van der Waals surface area contributed by atoms with Gasteiger partial charge in [-0.3, -0.25) is 4.79 Å². The highest BCUT2D eigenvalue weighted by Crippen LogP contribution is 2.13. The minimum absolute atomic E-state index is 0.156. The molecule has 3 heterocycles. The molecule has 0 aliphatic rings. The number of H-pyrrole nitrogens is 1. The van der Waals surface area contributed by atoms with Crippen molar-refractivity contribution in [3.05, 3.63) is 46.8 Å². The van der Waals surface area contributed by atoms with Crippen LogP contribution in [0.25, 0.3) is 11.3 Å². The van der Waals surface area contributed by atoms with Gasteiger partial charge in [0.15, 0.2) is 5.65 Å². The molecule has 0 unspecified atom stereocenters. The van der Waals surface area contributed by atoms with Crippen molar-refractivity contribution < 1.29 is 4.74 Å². The first kappa shape index (κ1) is 13.6. The lowest BCUT2D eigenvalue weighted by Gasteiger charge is -1.99. The lowest BCUT2D eigenvalue weighted by atomic mass is 10.1. The molecule has 0 atom stereocenters. The van der Waals surface area contributed by atoms with Crippen molar-refractivity contribution in [2.24, 2.45) is 0 Å². The maximum Gasteiger partial charge on any atom is 0.251 e. The highest BCUT2D eigenvalue weighted by molar-refractivity contribution is 5.56. The van der Waals surface area contributed by atoms with E-state index in [-0.39, 0.29) is 5.56 Å². The summed E-state index contributed by atoms with van der Waals surface area (Å²) in [6.07, 6.45) is 10.2. The fraction of sp³-hybridized carbons (Fsp3) is 0.357. The Bertz CT molecular complexity index is 786. The number of ether oxygens (including phenoxy) is 1. The molecular formula is C14H17N5O2. The molecule has 0 fully saturated rings. The van der Waals surface area contributed by atoms with Crippen LogP contribution in [0.3, 0.4) is 0 Å². The third kappa shape index (κ3) is 2.87. The van der Waals surface area contributed by atoms with Gasteiger partial charge in [-0.1, -0.05) is 0 Å². The van der Waals surface area contributed by atoms with Crippen LogP contribution in [0.2, 0.25) is 0 Å². The second kappa shape index (κ2) is 5.92. The third-order valence-electron chi connectivity index (χ3n) is 3.33. The lowest BCUT2D eigenvalue weighted by Crippen LogP contribution is -2.07. The number of aryl methyl sites for hydroxylation is 1. The van der Waals surface area contributed by atoms with Gasteiger partial charge in [-0.2, -0.15) is 10.2 Å². The fourth-order valence-corrected chi connectivity index (χ4v) is 2.25. The molecule has 0 radical (unpaired) electrons. The molecule has 0 bridgehead atoms. The average Bonchev–Trinajstić information content (AvgIpc) is 3.09. The lowest BCUT2D eigenvalue weighted by molar-refractivity contribution is 0.193. The van der Waals surface area contributed by atoms with Crippen LogP contribution in [0, 0.1) is 0 Å². The van der Waals surface area contributed by atoms with Gasteiger partial charge in [0.2, 0.25) is 0 Å². The van der Waals surface area contributed by atoms with Gasteiger partial charge in [0.25, 0.3) is 5.56 Å². The number of aromatic amines is 1. The zero-order valence-corrected chi connectivity index (χ0v) is 11.8. The largest absolute Gasteiger partial charge is 0.385 e. The van der Waals surface area contributed by atoms with Gasteiger partial charge in [0, 0.05) is 32.2 Å². The molecule has 0 saturated heterocycles. The summed E-state index contributed by atoms with van der Waals surface area (Å²) in [5.41, 5.74) is 2.40. The number of unbranched alkanes of at least 4 members (excludes halogenated alkanes) is 1. The molecule has 0 aliphatic carbocycles. The van der Waals surface area contributed by atoms with Crippen LogP contribution in [-0.2, 0) is 11.2 Å². The molecule has 1 N–H and O–H groups in total. The van der Waals surface area contributed by atoms with Crippen molar-refractivity contribution in [2.45, 2.75) is 19.3 Å². The summed E-state index contributed by atoms with van der Waals surface area (Å²) in [5.74, 6) is 0. The molecular weight excluding hydrogens is 270 g/mol. The molecule has 3 aromatic heterocycles. The topological polar surface area (TPSA) is 77.2 Å². The van der Waals surface area contributed by atoms with Crippen molar-refractivity contribution >= 4 is 5.65 Å². The first-order chi connectivity index (χ1) is 10.3. The Morgan fingerprint density at radius 1 is 1.29 bits per heavy atom. The van der Waals surface area contributed by atoms with E-state index in [1.807, 2.05) is 12.4 Å². The van der Waals surface area contributed by atoms with Crippen LogP contribution in [0.1, 0.15) is 18.4 Å². The highest BCUT2D eigenvalue weighted by atomic mass is 16.5. The monoisotopic (exact) mass is 287 g/mol. The van der Waals surface area contributed by atoms with Crippen molar-refractivity contribution in [2.75, 3.05) is 13.7 Å². The summed E-state index contributed by atoms with van der Waals surface area (Å²) in [6.45, 7) is 0.781. The SMILES string of the molecule is COCCCCc1cnn(-c2cnn3ccc(=O)[nH]c23)c1. The number of rotatable bonds is 6. The molecule has 0 amide bonds. The zero-order chi connectivity index (χ0) is 14.7. The minimum Gasteiger partial charge on any atom is -0.385 e. The van der Waals surface area contributed by atoms with E-state index in [4.69, 9.17) is 4.74 Å². The maximum absolute atomic E-state index is 11.4. The van der Waals surface area contributed by atoms with E-state index < -0.39 is 0 Å². The molecule has 0 aliphatic heterocycles. The van der Waals surface area contributed by atoms with Gasteiger partial charge >= 0.3 is 0 Å². The molecule has 7 heteroatoms. The summed E-state index contributed by atoms with van der Waals surface area (Å²) in [4.78, 5) is 14.2. The van der Waals surface area contributed by atoms with Crippen molar-refractivity contribution in [1.29, 1.82) is 0 Å². The van der Waals surface area contributed by atoms with Gasteiger partial charge in [0.1, 0.15) is 5.69 Å². The fourth-order valence-electron chi connectivity index (χ4n) is 2.25. The number of hydrogen-bond acceptors (Lipinski definition) is 4. The van der Waals surface area contributed by atoms with Crippen LogP contribution in [0.4, 0.5) is 0 Å². The Morgan fingerprint density at radius 2 is 2.19 bits per heavy atom.